The maximum absolute atomic E-state index is 13.1. The largest absolute Gasteiger partial charge is 0.290 e. The number of rotatable bonds is 2. The number of halogens is 3. The Morgan fingerprint density at radius 3 is 2.22 bits per heavy atom. The van der Waals surface area contributed by atoms with Crippen LogP contribution in [0.5, 0.6) is 0 Å². The molecule has 2 heterocycles. The van der Waals surface area contributed by atoms with Gasteiger partial charge in [0, 0.05) is 24.5 Å². The van der Waals surface area contributed by atoms with Gasteiger partial charge in [-0.05, 0) is 58.0 Å². The van der Waals surface area contributed by atoms with Crippen molar-refractivity contribution in [3.63, 3.8) is 0 Å². The molecular formula is C13H10F2INS. The van der Waals surface area contributed by atoms with Crippen LogP contribution in [0.3, 0.4) is 0 Å². The van der Waals surface area contributed by atoms with Gasteiger partial charge in [-0.1, -0.05) is 0 Å². The Kier molecular flexibility index (Phi) is 3.38. The molecule has 0 atom stereocenters. The normalized spacial score (nSPS) is 15.1. The monoisotopic (exact) mass is 377 g/mol. The topological polar surface area (TPSA) is 3.24 Å². The average Bonchev–Trinajstić information content (AvgIpc) is 2.86. The van der Waals surface area contributed by atoms with E-state index in [4.69, 9.17) is 0 Å². The average molecular weight is 377 g/mol. The van der Waals surface area contributed by atoms with Crippen molar-refractivity contribution in [1.82, 2.24) is 4.90 Å². The number of nitrogens with zero attached hydrogens (tertiary/aromatic N) is 1. The summed E-state index contributed by atoms with van der Waals surface area (Å²) < 4.78 is 27.5. The first-order valence-electron chi connectivity index (χ1n) is 5.55. The Morgan fingerprint density at radius 2 is 1.72 bits per heavy atom. The molecule has 3 rings (SSSR count). The van der Waals surface area contributed by atoms with Crippen molar-refractivity contribution >= 4 is 33.9 Å². The molecule has 0 spiro atoms. The summed E-state index contributed by atoms with van der Waals surface area (Å²) in [7, 11) is 0. The molecule has 2 aromatic rings. The van der Waals surface area contributed by atoms with E-state index in [-0.39, 0.29) is 0 Å². The van der Waals surface area contributed by atoms with Gasteiger partial charge in [0.15, 0.2) is 11.6 Å². The maximum atomic E-state index is 13.1. The van der Waals surface area contributed by atoms with Gasteiger partial charge in [0.1, 0.15) is 0 Å². The lowest BCUT2D eigenvalue weighted by Crippen LogP contribution is -2.14. The van der Waals surface area contributed by atoms with Crippen molar-refractivity contribution in [2.45, 2.75) is 19.6 Å². The number of hydrogen-bond acceptors (Lipinski definition) is 2. The first-order chi connectivity index (χ1) is 8.61. The van der Waals surface area contributed by atoms with Gasteiger partial charge in [0.2, 0.25) is 0 Å². The van der Waals surface area contributed by atoms with Crippen LogP contribution in [-0.2, 0) is 19.6 Å². The Balaban J connectivity index is 1.76. The zero-order valence-electron chi connectivity index (χ0n) is 9.42. The van der Waals surface area contributed by atoms with Gasteiger partial charge < -0.3 is 0 Å². The molecule has 0 amide bonds. The smallest absolute Gasteiger partial charge is 0.159 e. The second kappa shape index (κ2) is 4.86. The van der Waals surface area contributed by atoms with E-state index < -0.39 is 11.6 Å². The summed E-state index contributed by atoms with van der Waals surface area (Å²) in [6.07, 6.45) is 0. The molecule has 0 N–H and O–H groups in total. The van der Waals surface area contributed by atoms with Crippen LogP contribution in [0.1, 0.15) is 16.0 Å². The number of hydrogen-bond donors (Lipinski definition) is 0. The zero-order valence-corrected chi connectivity index (χ0v) is 12.4. The molecule has 0 saturated heterocycles. The zero-order chi connectivity index (χ0) is 12.7. The molecule has 1 aliphatic heterocycles. The highest BCUT2D eigenvalue weighted by atomic mass is 127. The minimum Gasteiger partial charge on any atom is -0.290 e. The molecule has 1 aromatic carbocycles. The number of benzene rings is 1. The molecule has 1 aromatic heterocycles. The lowest BCUT2D eigenvalue weighted by atomic mass is 10.1. The highest BCUT2D eigenvalue weighted by Crippen LogP contribution is 2.28. The lowest BCUT2D eigenvalue weighted by molar-refractivity contribution is 0.278. The lowest BCUT2D eigenvalue weighted by Gasteiger charge is -2.12. The first kappa shape index (κ1) is 12.5. The summed E-state index contributed by atoms with van der Waals surface area (Å²) in [6.45, 7) is 2.23. The van der Waals surface area contributed by atoms with Gasteiger partial charge in [0.05, 0.1) is 2.88 Å². The van der Waals surface area contributed by atoms with Crippen LogP contribution >= 0.6 is 33.9 Å². The SMILES string of the molecule is Fc1cc2c(cc1F)CN(Cc1ccc(I)s1)C2. The maximum Gasteiger partial charge on any atom is 0.159 e. The van der Waals surface area contributed by atoms with Crippen LogP contribution in [0.2, 0.25) is 0 Å². The first-order valence-corrected chi connectivity index (χ1v) is 7.45. The van der Waals surface area contributed by atoms with Crippen LogP contribution in [0.25, 0.3) is 0 Å². The van der Waals surface area contributed by atoms with E-state index in [0.29, 0.717) is 13.1 Å². The van der Waals surface area contributed by atoms with Crippen LogP contribution in [0, 0.1) is 14.5 Å². The third-order valence-corrected chi connectivity index (χ3v) is 4.92. The van der Waals surface area contributed by atoms with Gasteiger partial charge in [0.25, 0.3) is 0 Å². The molecule has 0 saturated carbocycles. The molecule has 0 fully saturated rings. The predicted octanol–water partition coefficient (Wildman–Crippen LogP) is 4.15. The van der Waals surface area contributed by atoms with E-state index in [1.54, 1.807) is 11.3 Å². The summed E-state index contributed by atoms with van der Waals surface area (Å²) >= 11 is 4.05. The second-order valence-electron chi connectivity index (χ2n) is 4.39. The van der Waals surface area contributed by atoms with Gasteiger partial charge in [-0.3, -0.25) is 4.90 Å². The van der Waals surface area contributed by atoms with Crippen molar-refractivity contribution in [3.05, 3.63) is 54.8 Å². The Hall–Kier alpha value is -0.530. The van der Waals surface area contributed by atoms with Crippen LogP contribution in [-0.4, -0.2) is 4.90 Å². The molecule has 0 aliphatic carbocycles. The van der Waals surface area contributed by atoms with Gasteiger partial charge >= 0.3 is 0 Å². The molecule has 5 heteroatoms. The Morgan fingerprint density at radius 1 is 1.11 bits per heavy atom. The fourth-order valence-electron chi connectivity index (χ4n) is 2.23. The molecule has 1 aliphatic rings. The minimum absolute atomic E-state index is 0.695. The van der Waals surface area contributed by atoms with E-state index in [1.807, 2.05) is 0 Å². The summed E-state index contributed by atoms with van der Waals surface area (Å²) in [5.41, 5.74) is 1.81. The molecule has 0 radical (unpaired) electrons. The fourth-order valence-corrected chi connectivity index (χ4v) is 4.03. The Bertz CT molecular complexity index is 566. The van der Waals surface area contributed by atoms with Crippen molar-refractivity contribution in [2.75, 3.05) is 0 Å². The molecule has 0 bridgehead atoms. The van der Waals surface area contributed by atoms with Crippen molar-refractivity contribution in [2.24, 2.45) is 0 Å². The molecular weight excluding hydrogens is 367 g/mol. The van der Waals surface area contributed by atoms with Crippen molar-refractivity contribution in [3.8, 4) is 0 Å². The molecule has 1 nitrogen and oxygen atoms in total. The number of fused-ring (bicyclic) bond motifs is 1. The van der Waals surface area contributed by atoms with Gasteiger partial charge in [-0.2, -0.15) is 0 Å². The van der Waals surface area contributed by atoms with E-state index in [2.05, 4.69) is 39.6 Å². The van der Waals surface area contributed by atoms with E-state index in [1.165, 1.54) is 19.9 Å². The minimum atomic E-state index is -0.749. The summed E-state index contributed by atoms with van der Waals surface area (Å²) in [5.74, 6) is -1.50. The standard InChI is InChI=1S/C13H10F2INS/c14-11-3-8-5-17(6-9(8)4-12(11)15)7-10-1-2-13(16)18-10/h1-4H,5-7H2. The third-order valence-electron chi connectivity index (χ3n) is 3.04. The highest BCUT2D eigenvalue weighted by molar-refractivity contribution is 14.1. The fraction of sp³-hybridized carbons (Fsp3) is 0.231. The van der Waals surface area contributed by atoms with E-state index >= 15 is 0 Å². The van der Waals surface area contributed by atoms with Gasteiger partial charge in [-0.25, -0.2) is 8.78 Å². The second-order valence-corrected chi connectivity index (χ2v) is 7.45. The molecule has 18 heavy (non-hydrogen) atoms. The Labute approximate surface area is 122 Å². The summed E-state index contributed by atoms with van der Waals surface area (Å²) in [5, 5.41) is 0. The van der Waals surface area contributed by atoms with E-state index in [0.717, 1.165) is 17.7 Å². The third kappa shape index (κ3) is 2.44. The van der Waals surface area contributed by atoms with Crippen LogP contribution < -0.4 is 0 Å². The molecule has 0 unspecified atom stereocenters. The summed E-state index contributed by atoms with van der Waals surface area (Å²) in [6, 6.07) is 6.84. The number of thiophene rings is 1. The van der Waals surface area contributed by atoms with Crippen LogP contribution in [0.4, 0.5) is 8.78 Å². The van der Waals surface area contributed by atoms with Crippen molar-refractivity contribution < 1.29 is 8.78 Å². The summed E-state index contributed by atoms with van der Waals surface area (Å²) in [4.78, 5) is 3.49. The highest BCUT2D eigenvalue weighted by Gasteiger charge is 2.21. The van der Waals surface area contributed by atoms with Crippen LogP contribution in [0.15, 0.2) is 24.3 Å². The van der Waals surface area contributed by atoms with Gasteiger partial charge in [-0.15, -0.1) is 11.3 Å². The van der Waals surface area contributed by atoms with E-state index in [9.17, 15) is 8.78 Å². The predicted molar refractivity (Wildman–Crippen MR) is 76.3 cm³/mol. The quantitative estimate of drug-likeness (QED) is 0.711. The van der Waals surface area contributed by atoms with Crippen molar-refractivity contribution in [1.29, 1.82) is 0 Å². The molecule has 94 valence electrons.